The van der Waals surface area contributed by atoms with Crippen molar-refractivity contribution in [3.63, 3.8) is 0 Å². The van der Waals surface area contributed by atoms with Crippen LogP contribution in [0, 0.1) is 6.92 Å². The standard InChI is InChI=1S/C17H19N3O3S2/c1-12-5-3-8-18-17(12)19-25(22,23)14-6-7-16-15(11-14)20(13(2)21)9-4-10-24-16/h3,5-8,11H,4,9-10H2,1-2H3,(H,18,19). The number of amides is 1. The molecule has 0 aliphatic carbocycles. The van der Waals surface area contributed by atoms with Gasteiger partial charge in [-0.1, -0.05) is 6.07 Å². The molecule has 2 aromatic rings. The molecule has 2 heterocycles. The fraction of sp³-hybridized carbons (Fsp3) is 0.294. The van der Waals surface area contributed by atoms with Crippen LogP contribution in [0.25, 0.3) is 0 Å². The van der Waals surface area contributed by atoms with Gasteiger partial charge in [0.25, 0.3) is 10.0 Å². The summed E-state index contributed by atoms with van der Waals surface area (Å²) in [4.78, 5) is 18.7. The number of hydrogen-bond acceptors (Lipinski definition) is 5. The van der Waals surface area contributed by atoms with Gasteiger partial charge in [-0.25, -0.2) is 13.4 Å². The Bertz CT molecular complexity index is 913. The molecule has 0 fully saturated rings. The first kappa shape index (κ1) is 17.8. The Hall–Kier alpha value is -2.06. The highest BCUT2D eigenvalue weighted by atomic mass is 32.2. The smallest absolute Gasteiger partial charge is 0.263 e. The molecule has 25 heavy (non-hydrogen) atoms. The van der Waals surface area contributed by atoms with Crippen molar-refractivity contribution in [2.75, 3.05) is 21.9 Å². The van der Waals surface area contributed by atoms with E-state index in [-0.39, 0.29) is 10.8 Å². The SMILES string of the molecule is CC(=O)N1CCCSc2ccc(S(=O)(=O)Nc3ncccc3C)cc21. The number of benzene rings is 1. The molecule has 6 nitrogen and oxygen atoms in total. The van der Waals surface area contributed by atoms with Crippen LogP contribution in [0.4, 0.5) is 11.5 Å². The number of nitrogens with one attached hydrogen (secondary N) is 1. The van der Waals surface area contributed by atoms with Gasteiger partial charge in [-0.2, -0.15) is 0 Å². The minimum Gasteiger partial charge on any atom is -0.311 e. The van der Waals surface area contributed by atoms with E-state index in [0.29, 0.717) is 18.1 Å². The molecule has 1 amide bonds. The highest BCUT2D eigenvalue weighted by molar-refractivity contribution is 7.99. The van der Waals surface area contributed by atoms with Gasteiger partial charge in [0.1, 0.15) is 5.82 Å². The van der Waals surface area contributed by atoms with Gasteiger partial charge in [0, 0.05) is 24.6 Å². The van der Waals surface area contributed by atoms with Gasteiger partial charge in [-0.15, -0.1) is 11.8 Å². The van der Waals surface area contributed by atoms with E-state index in [1.54, 1.807) is 53.9 Å². The van der Waals surface area contributed by atoms with Gasteiger partial charge in [-0.05, 0) is 48.9 Å². The number of carbonyl (C=O) groups is 1. The molecule has 3 rings (SSSR count). The first-order valence-electron chi connectivity index (χ1n) is 7.88. The summed E-state index contributed by atoms with van der Waals surface area (Å²) in [5.74, 6) is 1.11. The Morgan fingerprint density at radius 2 is 2.12 bits per heavy atom. The number of hydrogen-bond donors (Lipinski definition) is 1. The Kier molecular flexibility index (Phi) is 5.01. The predicted octanol–water partition coefficient (Wildman–Crippen LogP) is 3.04. The van der Waals surface area contributed by atoms with Gasteiger partial charge in [0.2, 0.25) is 5.91 Å². The number of aryl methyl sites for hydroxylation is 1. The molecule has 0 atom stereocenters. The molecule has 0 saturated carbocycles. The second-order valence-electron chi connectivity index (χ2n) is 5.78. The van der Waals surface area contributed by atoms with Crippen molar-refractivity contribution in [2.24, 2.45) is 0 Å². The summed E-state index contributed by atoms with van der Waals surface area (Å²) >= 11 is 1.63. The van der Waals surface area contributed by atoms with Crippen molar-refractivity contribution in [1.29, 1.82) is 0 Å². The van der Waals surface area contributed by atoms with Crippen LogP contribution in [0.15, 0.2) is 46.3 Å². The Morgan fingerprint density at radius 3 is 2.84 bits per heavy atom. The summed E-state index contributed by atoms with van der Waals surface area (Å²) in [6.07, 6.45) is 2.41. The molecule has 1 aliphatic heterocycles. The number of thioether (sulfide) groups is 1. The Labute approximate surface area is 151 Å². The third kappa shape index (κ3) is 3.80. The first-order chi connectivity index (χ1) is 11.9. The number of nitrogens with zero attached hydrogens (tertiary/aromatic N) is 2. The fourth-order valence-electron chi connectivity index (χ4n) is 2.63. The number of aromatic nitrogens is 1. The molecular weight excluding hydrogens is 358 g/mol. The highest BCUT2D eigenvalue weighted by Crippen LogP contribution is 2.36. The lowest BCUT2D eigenvalue weighted by atomic mass is 10.2. The van der Waals surface area contributed by atoms with E-state index in [4.69, 9.17) is 0 Å². The molecule has 1 aliphatic rings. The van der Waals surface area contributed by atoms with Crippen molar-refractivity contribution in [3.05, 3.63) is 42.1 Å². The van der Waals surface area contributed by atoms with E-state index in [1.165, 1.54) is 13.1 Å². The molecule has 132 valence electrons. The summed E-state index contributed by atoms with van der Waals surface area (Å²) in [6, 6.07) is 8.43. The van der Waals surface area contributed by atoms with Crippen molar-refractivity contribution < 1.29 is 13.2 Å². The predicted molar refractivity (Wildman–Crippen MR) is 99.6 cm³/mol. The highest BCUT2D eigenvalue weighted by Gasteiger charge is 2.23. The molecule has 0 bridgehead atoms. The summed E-state index contributed by atoms with van der Waals surface area (Å²) in [7, 11) is -3.79. The topological polar surface area (TPSA) is 79.4 Å². The van der Waals surface area contributed by atoms with Crippen LogP contribution in [-0.4, -0.2) is 31.6 Å². The molecule has 8 heteroatoms. The lowest BCUT2D eigenvalue weighted by Crippen LogP contribution is -2.29. The van der Waals surface area contributed by atoms with E-state index in [2.05, 4.69) is 9.71 Å². The van der Waals surface area contributed by atoms with Gasteiger partial charge >= 0.3 is 0 Å². The Balaban J connectivity index is 2.00. The fourth-order valence-corrected chi connectivity index (χ4v) is 4.70. The third-order valence-corrected chi connectivity index (χ3v) is 6.42. The van der Waals surface area contributed by atoms with Crippen molar-refractivity contribution in [3.8, 4) is 0 Å². The largest absolute Gasteiger partial charge is 0.311 e. The van der Waals surface area contributed by atoms with E-state index in [9.17, 15) is 13.2 Å². The van der Waals surface area contributed by atoms with Crippen LogP contribution < -0.4 is 9.62 Å². The minimum absolute atomic E-state index is 0.0909. The Morgan fingerprint density at radius 1 is 1.32 bits per heavy atom. The maximum atomic E-state index is 12.7. The molecule has 1 N–H and O–H groups in total. The van der Waals surface area contributed by atoms with E-state index < -0.39 is 10.0 Å². The van der Waals surface area contributed by atoms with E-state index >= 15 is 0 Å². The molecule has 0 unspecified atom stereocenters. The second-order valence-corrected chi connectivity index (χ2v) is 8.60. The molecule has 1 aromatic heterocycles. The van der Waals surface area contributed by atoms with Crippen LogP contribution in [0.2, 0.25) is 0 Å². The van der Waals surface area contributed by atoms with Crippen molar-refractivity contribution in [2.45, 2.75) is 30.1 Å². The second kappa shape index (κ2) is 7.05. The van der Waals surface area contributed by atoms with Crippen LogP contribution in [0.5, 0.6) is 0 Å². The van der Waals surface area contributed by atoms with Gasteiger partial charge in [0.05, 0.1) is 10.6 Å². The lowest BCUT2D eigenvalue weighted by molar-refractivity contribution is -0.116. The van der Waals surface area contributed by atoms with E-state index in [1.807, 2.05) is 0 Å². The zero-order valence-electron chi connectivity index (χ0n) is 14.0. The summed E-state index contributed by atoms with van der Waals surface area (Å²) < 4.78 is 28.0. The summed E-state index contributed by atoms with van der Waals surface area (Å²) in [5.41, 5.74) is 1.39. The summed E-state index contributed by atoms with van der Waals surface area (Å²) in [5, 5.41) is 0. The number of carbonyl (C=O) groups excluding carboxylic acids is 1. The molecule has 1 aromatic carbocycles. The quantitative estimate of drug-likeness (QED) is 0.889. The van der Waals surface area contributed by atoms with Crippen LogP contribution in [0.3, 0.4) is 0 Å². The number of pyridine rings is 1. The number of fused-ring (bicyclic) bond motifs is 1. The van der Waals surface area contributed by atoms with Crippen molar-refractivity contribution in [1.82, 2.24) is 4.98 Å². The number of rotatable bonds is 3. The van der Waals surface area contributed by atoms with E-state index in [0.717, 1.165) is 22.6 Å². The van der Waals surface area contributed by atoms with Crippen LogP contribution >= 0.6 is 11.8 Å². The van der Waals surface area contributed by atoms with Crippen LogP contribution in [0.1, 0.15) is 18.9 Å². The molecular formula is C17H19N3O3S2. The number of anilines is 2. The molecule has 0 radical (unpaired) electrons. The summed E-state index contributed by atoms with van der Waals surface area (Å²) in [6.45, 7) is 3.87. The van der Waals surface area contributed by atoms with Crippen LogP contribution in [-0.2, 0) is 14.8 Å². The zero-order chi connectivity index (χ0) is 18.0. The molecule has 0 spiro atoms. The third-order valence-electron chi connectivity index (χ3n) is 3.94. The minimum atomic E-state index is -3.79. The van der Waals surface area contributed by atoms with Crippen molar-refractivity contribution >= 4 is 39.2 Å². The monoisotopic (exact) mass is 377 g/mol. The maximum absolute atomic E-state index is 12.7. The zero-order valence-corrected chi connectivity index (χ0v) is 15.7. The first-order valence-corrected chi connectivity index (χ1v) is 10.3. The van der Waals surface area contributed by atoms with Gasteiger partial charge in [-0.3, -0.25) is 9.52 Å². The normalized spacial score (nSPS) is 14.6. The lowest BCUT2D eigenvalue weighted by Gasteiger charge is -2.21. The van der Waals surface area contributed by atoms with Gasteiger partial charge < -0.3 is 4.90 Å². The number of sulfonamides is 1. The maximum Gasteiger partial charge on any atom is 0.263 e. The average Bonchev–Trinajstić information content (AvgIpc) is 2.78. The van der Waals surface area contributed by atoms with Gasteiger partial charge in [0.15, 0.2) is 0 Å². The molecule has 0 saturated heterocycles. The average molecular weight is 377 g/mol.